The van der Waals surface area contributed by atoms with E-state index in [1.807, 2.05) is 86.6 Å². The monoisotopic (exact) mass is 590 g/mol. The topological polar surface area (TPSA) is 67.9 Å². The van der Waals surface area contributed by atoms with Gasteiger partial charge >= 0.3 is 0 Å². The third kappa shape index (κ3) is 8.99. The molecule has 0 saturated heterocycles. The highest BCUT2D eigenvalue weighted by atomic mass is 35.5. The molecular formula is C35H43ClN2O4. The number of carbonyl (C=O) groups excluding carboxylic acids is 2. The molecule has 0 spiro atoms. The van der Waals surface area contributed by atoms with Crippen molar-refractivity contribution in [1.29, 1.82) is 0 Å². The van der Waals surface area contributed by atoms with E-state index in [0.29, 0.717) is 42.6 Å². The molecule has 1 fully saturated rings. The van der Waals surface area contributed by atoms with Gasteiger partial charge in [0.25, 0.3) is 0 Å². The zero-order valence-corrected chi connectivity index (χ0v) is 25.6. The summed E-state index contributed by atoms with van der Waals surface area (Å²) >= 11 is 6.57. The third-order valence-corrected chi connectivity index (χ3v) is 8.13. The van der Waals surface area contributed by atoms with Gasteiger partial charge in [-0.2, -0.15) is 0 Å². The number of rotatable bonds is 14. The van der Waals surface area contributed by atoms with E-state index in [1.54, 1.807) is 4.90 Å². The number of carbonyl (C=O) groups is 2. The van der Waals surface area contributed by atoms with Crippen LogP contribution >= 0.6 is 11.6 Å². The Hall–Kier alpha value is -3.51. The van der Waals surface area contributed by atoms with E-state index in [9.17, 15) is 9.59 Å². The van der Waals surface area contributed by atoms with Gasteiger partial charge in [0.1, 0.15) is 6.04 Å². The van der Waals surface area contributed by atoms with Crippen LogP contribution in [0.1, 0.15) is 69.1 Å². The fraction of sp³-hybridized carbons (Fsp3) is 0.429. The Labute approximate surface area is 255 Å². The maximum absolute atomic E-state index is 14.1. The molecule has 1 atom stereocenters. The zero-order chi connectivity index (χ0) is 29.7. The predicted molar refractivity (Wildman–Crippen MR) is 168 cm³/mol. The second-order valence-corrected chi connectivity index (χ2v) is 11.2. The molecule has 4 rings (SSSR count). The summed E-state index contributed by atoms with van der Waals surface area (Å²) in [6.07, 6.45) is 6.55. The van der Waals surface area contributed by atoms with Gasteiger partial charge in [0.15, 0.2) is 11.5 Å². The Balaban J connectivity index is 1.61. The zero-order valence-electron chi connectivity index (χ0n) is 24.8. The van der Waals surface area contributed by atoms with Crippen molar-refractivity contribution in [1.82, 2.24) is 10.2 Å². The number of hydrogen-bond acceptors (Lipinski definition) is 4. The van der Waals surface area contributed by atoms with Gasteiger partial charge in [-0.05, 0) is 68.0 Å². The van der Waals surface area contributed by atoms with Crippen molar-refractivity contribution in [2.75, 3.05) is 13.2 Å². The molecule has 1 aliphatic rings. The van der Waals surface area contributed by atoms with Crippen molar-refractivity contribution >= 4 is 23.4 Å². The van der Waals surface area contributed by atoms with Crippen molar-refractivity contribution < 1.29 is 19.1 Å². The van der Waals surface area contributed by atoms with Crippen molar-refractivity contribution in [2.45, 2.75) is 83.8 Å². The van der Waals surface area contributed by atoms with Crippen LogP contribution in [0.5, 0.6) is 11.5 Å². The Morgan fingerprint density at radius 3 is 2.29 bits per heavy atom. The lowest BCUT2D eigenvalue weighted by Crippen LogP contribution is -2.53. The maximum Gasteiger partial charge on any atom is 0.243 e. The first-order valence-corrected chi connectivity index (χ1v) is 15.6. The second-order valence-electron chi connectivity index (χ2n) is 10.8. The second kappa shape index (κ2) is 16.2. The van der Waals surface area contributed by atoms with Gasteiger partial charge in [-0.15, -0.1) is 0 Å². The summed E-state index contributed by atoms with van der Waals surface area (Å²) in [5.41, 5.74) is 2.79. The van der Waals surface area contributed by atoms with E-state index in [2.05, 4.69) is 5.32 Å². The van der Waals surface area contributed by atoms with Crippen molar-refractivity contribution in [3.8, 4) is 11.5 Å². The van der Waals surface area contributed by atoms with E-state index >= 15 is 0 Å². The van der Waals surface area contributed by atoms with Crippen molar-refractivity contribution in [2.24, 2.45) is 0 Å². The lowest BCUT2D eigenvalue weighted by molar-refractivity contribution is -0.141. The van der Waals surface area contributed by atoms with E-state index in [-0.39, 0.29) is 30.8 Å². The van der Waals surface area contributed by atoms with Crippen LogP contribution in [-0.2, 0) is 29.0 Å². The minimum Gasteiger partial charge on any atom is -0.490 e. The molecule has 1 aliphatic carbocycles. The van der Waals surface area contributed by atoms with Crippen molar-refractivity contribution in [3.05, 3.63) is 94.5 Å². The van der Waals surface area contributed by atoms with E-state index in [4.69, 9.17) is 21.1 Å². The minimum absolute atomic E-state index is 0.0958. The molecule has 3 aromatic rings. The van der Waals surface area contributed by atoms with Crippen molar-refractivity contribution in [3.63, 3.8) is 0 Å². The Kier molecular flexibility index (Phi) is 12.1. The average Bonchev–Trinajstić information content (AvgIpc) is 3.01. The number of aryl methyl sites for hydroxylation is 1. The van der Waals surface area contributed by atoms with Crippen LogP contribution in [0, 0.1) is 0 Å². The van der Waals surface area contributed by atoms with Gasteiger partial charge in [0, 0.05) is 30.5 Å². The summed E-state index contributed by atoms with van der Waals surface area (Å²) in [7, 11) is 0. The smallest absolute Gasteiger partial charge is 0.243 e. The molecule has 6 nitrogen and oxygen atoms in total. The number of hydrogen-bond donors (Lipinski definition) is 1. The molecule has 1 N–H and O–H groups in total. The van der Waals surface area contributed by atoms with Gasteiger partial charge in [0.05, 0.1) is 13.2 Å². The molecule has 1 saturated carbocycles. The summed E-state index contributed by atoms with van der Waals surface area (Å²) in [5, 5.41) is 3.87. The van der Waals surface area contributed by atoms with Crippen LogP contribution < -0.4 is 14.8 Å². The first-order valence-electron chi connectivity index (χ1n) is 15.2. The van der Waals surface area contributed by atoms with Gasteiger partial charge < -0.3 is 19.7 Å². The summed E-state index contributed by atoms with van der Waals surface area (Å²) in [6, 6.07) is 22.7. The SMILES string of the molecule is CCOc1ccc(CCC(=O)N(Cc2ccccc2Cl)C(Cc2ccccc2)C(=O)NC2CCCCC2)cc1OCC. The molecule has 2 amide bonds. The summed E-state index contributed by atoms with van der Waals surface area (Å²) in [5.74, 6) is 1.16. The number of halogens is 1. The molecule has 0 radical (unpaired) electrons. The van der Waals surface area contributed by atoms with Gasteiger partial charge in [-0.1, -0.05) is 85.5 Å². The van der Waals surface area contributed by atoms with E-state index in [0.717, 1.165) is 42.4 Å². The highest BCUT2D eigenvalue weighted by Gasteiger charge is 2.32. The van der Waals surface area contributed by atoms with Crippen LogP contribution in [0.2, 0.25) is 5.02 Å². The summed E-state index contributed by atoms with van der Waals surface area (Å²) in [6.45, 7) is 5.18. The number of benzene rings is 3. The average molecular weight is 591 g/mol. The summed E-state index contributed by atoms with van der Waals surface area (Å²) in [4.78, 5) is 29.8. The van der Waals surface area contributed by atoms with E-state index < -0.39 is 6.04 Å². The Bertz CT molecular complexity index is 1290. The van der Waals surface area contributed by atoms with Crippen LogP contribution in [0.15, 0.2) is 72.8 Å². The van der Waals surface area contributed by atoms with Crippen LogP contribution in [-0.4, -0.2) is 42.0 Å². The number of nitrogens with one attached hydrogen (secondary N) is 1. The molecule has 42 heavy (non-hydrogen) atoms. The molecule has 0 aliphatic heterocycles. The minimum atomic E-state index is -0.669. The molecule has 7 heteroatoms. The normalized spacial score (nSPS) is 14.2. The third-order valence-electron chi connectivity index (χ3n) is 7.76. The van der Waals surface area contributed by atoms with Crippen LogP contribution in [0.25, 0.3) is 0 Å². The summed E-state index contributed by atoms with van der Waals surface area (Å²) < 4.78 is 11.5. The fourth-order valence-corrected chi connectivity index (χ4v) is 5.75. The molecule has 224 valence electrons. The van der Waals surface area contributed by atoms with Crippen LogP contribution in [0.4, 0.5) is 0 Å². The number of amides is 2. The standard InChI is InChI=1S/C35H43ClN2O4/c1-3-41-32-21-19-27(24-33(32)42-4-2)20-22-34(39)38(25-28-15-11-12-18-30(28)36)31(23-26-13-7-5-8-14-26)35(40)37-29-16-9-6-10-17-29/h5,7-8,11-15,18-19,21,24,29,31H,3-4,6,9-10,16-17,20,22-23,25H2,1-2H3,(H,37,40). The first-order chi connectivity index (χ1) is 20.5. The van der Waals surface area contributed by atoms with Gasteiger partial charge in [-0.3, -0.25) is 9.59 Å². The Morgan fingerprint density at radius 2 is 1.57 bits per heavy atom. The highest BCUT2D eigenvalue weighted by molar-refractivity contribution is 6.31. The maximum atomic E-state index is 14.1. The van der Waals surface area contributed by atoms with E-state index in [1.165, 1.54) is 6.42 Å². The fourth-order valence-electron chi connectivity index (χ4n) is 5.55. The molecule has 1 unspecified atom stereocenters. The van der Waals surface area contributed by atoms with Gasteiger partial charge in [0.2, 0.25) is 11.8 Å². The molecule has 0 heterocycles. The lowest BCUT2D eigenvalue weighted by Gasteiger charge is -2.34. The van der Waals surface area contributed by atoms with Crippen LogP contribution in [0.3, 0.4) is 0 Å². The number of ether oxygens (including phenoxy) is 2. The number of nitrogens with zero attached hydrogens (tertiary/aromatic N) is 1. The molecule has 3 aromatic carbocycles. The molecule has 0 bridgehead atoms. The van der Waals surface area contributed by atoms with Gasteiger partial charge in [-0.25, -0.2) is 0 Å². The Morgan fingerprint density at radius 1 is 0.881 bits per heavy atom. The lowest BCUT2D eigenvalue weighted by atomic mass is 9.94. The highest BCUT2D eigenvalue weighted by Crippen LogP contribution is 2.29. The molecule has 0 aromatic heterocycles. The first kappa shape index (κ1) is 31.4. The largest absolute Gasteiger partial charge is 0.490 e. The molecular weight excluding hydrogens is 548 g/mol. The quantitative estimate of drug-likeness (QED) is 0.216. The predicted octanol–water partition coefficient (Wildman–Crippen LogP) is 7.16.